The highest BCUT2D eigenvalue weighted by atomic mass is 35.5. The van der Waals surface area contributed by atoms with Crippen LogP contribution in [0.15, 0.2) is 18.2 Å². The van der Waals surface area contributed by atoms with Crippen LogP contribution in [0.1, 0.15) is 66.7 Å². The number of methoxy groups -OCH3 is 1. The first kappa shape index (κ1) is 26.3. The van der Waals surface area contributed by atoms with Crippen molar-refractivity contribution in [1.82, 2.24) is 9.88 Å². The molecule has 0 amide bonds. The molecule has 1 aromatic carbocycles. The molecule has 0 radical (unpaired) electrons. The predicted octanol–water partition coefficient (Wildman–Crippen LogP) is 6.55. The van der Waals surface area contributed by atoms with Crippen molar-refractivity contribution < 1.29 is 14.3 Å². The fraction of sp³-hybridized carbons (Fsp3) is 0.556. The van der Waals surface area contributed by atoms with Crippen LogP contribution < -0.4 is 10.1 Å². The summed E-state index contributed by atoms with van der Waals surface area (Å²) in [7, 11) is 1.38. The van der Waals surface area contributed by atoms with E-state index in [9.17, 15) is 4.79 Å². The molecule has 186 valence electrons. The second-order valence-electron chi connectivity index (χ2n) is 9.41. The molecule has 6 nitrogen and oxygen atoms in total. The highest BCUT2D eigenvalue weighted by Gasteiger charge is 2.27. The molecular weight excluding hydrogens is 450 g/mol. The molecule has 1 aliphatic rings. The van der Waals surface area contributed by atoms with Crippen molar-refractivity contribution in [3.63, 3.8) is 0 Å². The highest BCUT2D eigenvalue weighted by molar-refractivity contribution is 6.30. The SMILES string of the molecule is CCCN(CC1CC1)CC(CC)Nc1cc(C)nc(Oc2c(C)cc(Cl)cc2C)c1C(=O)OC. The molecule has 34 heavy (non-hydrogen) atoms. The molecule has 1 aliphatic carbocycles. The Morgan fingerprint density at radius 3 is 2.44 bits per heavy atom. The topological polar surface area (TPSA) is 63.7 Å². The van der Waals surface area contributed by atoms with E-state index in [1.54, 1.807) is 0 Å². The van der Waals surface area contributed by atoms with Crippen LogP contribution in [0.3, 0.4) is 0 Å². The lowest BCUT2D eigenvalue weighted by atomic mass is 10.1. The standard InChI is InChI=1S/C27H38ClN3O3/c1-7-11-31(15-20-9-10-20)16-22(8-2)30-23-14-19(5)29-26(24(23)27(32)33-6)34-25-17(3)12-21(28)13-18(25)4/h12-14,20,22H,7-11,15-16H2,1-6H3,(H,29,30). The van der Waals surface area contributed by atoms with Crippen LogP contribution in [0.25, 0.3) is 0 Å². The van der Waals surface area contributed by atoms with Crippen LogP contribution in [0.2, 0.25) is 5.02 Å². The summed E-state index contributed by atoms with van der Waals surface area (Å²) in [5.74, 6) is 1.24. The Morgan fingerprint density at radius 1 is 1.21 bits per heavy atom. The predicted molar refractivity (Wildman–Crippen MR) is 138 cm³/mol. The minimum atomic E-state index is -0.479. The van der Waals surface area contributed by atoms with Gasteiger partial charge in [0.1, 0.15) is 11.3 Å². The summed E-state index contributed by atoms with van der Waals surface area (Å²) in [6.45, 7) is 13.3. The monoisotopic (exact) mass is 487 g/mol. The third kappa shape index (κ3) is 6.86. The zero-order valence-corrected chi connectivity index (χ0v) is 22.1. The van der Waals surface area contributed by atoms with Gasteiger partial charge in [-0.2, -0.15) is 0 Å². The Kier molecular flexibility index (Phi) is 9.20. The molecule has 0 bridgehead atoms. The third-order valence-corrected chi connectivity index (χ3v) is 6.43. The van der Waals surface area contributed by atoms with Crippen LogP contribution in [-0.2, 0) is 4.74 Å². The number of aryl methyl sites for hydroxylation is 3. The van der Waals surface area contributed by atoms with Crippen LogP contribution in [0.5, 0.6) is 11.6 Å². The number of nitrogens with one attached hydrogen (secondary N) is 1. The van der Waals surface area contributed by atoms with Gasteiger partial charge in [-0.1, -0.05) is 25.4 Å². The van der Waals surface area contributed by atoms with Gasteiger partial charge in [-0.25, -0.2) is 9.78 Å². The first-order valence-corrected chi connectivity index (χ1v) is 12.7. The Bertz CT molecular complexity index is 984. The smallest absolute Gasteiger partial charge is 0.345 e. The van der Waals surface area contributed by atoms with Gasteiger partial charge in [0.2, 0.25) is 5.88 Å². The van der Waals surface area contributed by atoms with E-state index >= 15 is 0 Å². The lowest BCUT2D eigenvalue weighted by Crippen LogP contribution is -2.38. The third-order valence-electron chi connectivity index (χ3n) is 6.21. The van der Waals surface area contributed by atoms with Gasteiger partial charge in [0.05, 0.1) is 12.8 Å². The second-order valence-corrected chi connectivity index (χ2v) is 9.84. The van der Waals surface area contributed by atoms with Crippen molar-refractivity contribution in [3.8, 4) is 11.6 Å². The molecule has 3 rings (SSSR count). The molecule has 0 aliphatic heterocycles. The summed E-state index contributed by atoms with van der Waals surface area (Å²) in [6, 6.07) is 5.76. The fourth-order valence-electron chi connectivity index (χ4n) is 4.33. The Balaban J connectivity index is 1.93. The zero-order valence-electron chi connectivity index (χ0n) is 21.3. The molecule has 1 saturated carbocycles. The molecule has 1 unspecified atom stereocenters. The molecule has 2 aromatic rings. The number of ether oxygens (including phenoxy) is 2. The number of esters is 1. The number of anilines is 1. The number of aromatic nitrogens is 1. The average molecular weight is 488 g/mol. The number of nitrogens with zero attached hydrogens (tertiary/aromatic N) is 2. The van der Waals surface area contributed by atoms with E-state index in [4.69, 9.17) is 21.1 Å². The fourth-order valence-corrected chi connectivity index (χ4v) is 4.66. The number of rotatable bonds is 12. The van der Waals surface area contributed by atoms with Gasteiger partial charge in [-0.05, 0) is 88.2 Å². The number of benzene rings is 1. The van der Waals surface area contributed by atoms with E-state index in [1.807, 2.05) is 39.0 Å². The minimum absolute atomic E-state index is 0.183. The largest absolute Gasteiger partial charge is 0.465 e. The van der Waals surface area contributed by atoms with E-state index < -0.39 is 5.97 Å². The minimum Gasteiger partial charge on any atom is -0.465 e. The maximum Gasteiger partial charge on any atom is 0.345 e. The van der Waals surface area contributed by atoms with Crippen LogP contribution >= 0.6 is 11.6 Å². The first-order chi connectivity index (χ1) is 16.2. The van der Waals surface area contributed by atoms with E-state index in [0.717, 1.165) is 55.2 Å². The Hall–Kier alpha value is -2.31. The van der Waals surface area contributed by atoms with Crippen molar-refractivity contribution in [2.75, 3.05) is 32.1 Å². The summed E-state index contributed by atoms with van der Waals surface area (Å²) in [6.07, 6.45) is 4.73. The van der Waals surface area contributed by atoms with Gasteiger partial charge in [-0.15, -0.1) is 0 Å². The summed E-state index contributed by atoms with van der Waals surface area (Å²) in [4.78, 5) is 20.0. The van der Waals surface area contributed by atoms with Crippen LogP contribution in [0, 0.1) is 26.7 Å². The van der Waals surface area contributed by atoms with Crippen molar-refractivity contribution in [2.24, 2.45) is 5.92 Å². The van der Waals surface area contributed by atoms with Crippen LogP contribution in [0.4, 0.5) is 5.69 Å². The van der Waals surface area contributed by atoms with Gasteiger partial charge in [0.15, 0.2) is 0 Å². The van der Waals surface area contributed by atoms with E-state index in [0.29, 0.717) is 22.0 Å². The number of carbonyl (C=O) groups excluding carboxylic acids is 1. The van der Waals surface area contributed by atoms with Gasteiger partial charge in [0.25, 0.3) is 0 Å². The number of halogens is 1. The molecule has 1 atom stereocenters. The summed E-state index contributed by atoms with van der Waals surface area (Å²) in [5.41, 5.74) is 3.51. The maximum absolute atomic E-state index is 12.9. The number of hydrogen-bond donors (Lipinski definition) is 1. The lowest BCUT2D eigenvalue weighted by molar-refractivity contribution is 0.0598. The van der Waals surface area contributed by atoms with E-state index in [1.165, 1.54) is 20.0 Å². The van der Waals surface area contributed by atoms with Crippen molar-refractivity contribution in [2.45, 2.75) is 66.3 Å². The van der Waals surface area contributed by atoms with Crippen molar-refractivity contribution in [1.29, 1.82) is 0 Å². The number of pyridine rings is 1. The molecule has 1 fully saturated rings. The molecule has 1 heterocycles. The Morgan fingerprint density at radius 2 is 1.88 bits per heavy atom. The zero-order chi connectivity index (χ0) is 24.8. The molecular formula is C27H38ClN3O3. The second kappa shape index (κ2) is 11.9. The van der Waals surface area contributed by atoms with Crippen LogP contribution in [-0.4, -0.2) is 48.6 Å². The number of carbonyl (C=O) groups is 1. The van der Waals surface area contributed by atoms with Gasteiger partial charge in [0, 0.05) is 29.8 Å². The number of hydrogen-bond acceptors (Lipinski definition) is 6. The molecule has 0 saturated heterocycles. The van der Waals surface area contributed by atoms with E-state index in [2.05, 4.69) is 29.0 Å². The lowest BCUT2D eigenvalue weighted by Gasteiger charge is -2.29. The van der Waals surface area contributed by atoms with Gasteiger partial charge in [-0.3, -0.25) is 0 Å². The molecule has 0 spiro atoms. The summed E-state index contributed by atoms with van der Waals surface area (Å²) in [5, 5.41) is 4.26. The Labute approximate surface area is 209 Å². The molecule has 1 aromatic heterocycles. The summed E-state index contributed by atoms with van der Waals surface area (Å²) >= 11 is 6.19. The van der Waals surface area contributed by atoms with Gasteiger partial charge >= 0.3 is 5.97 Å². The molecule has 7 heteroatoms. The summed E-state index contributed by atoms with van der Waals surface area (Å²) < 4.78 is 11.4. The van der Waals surface area contributed by atoms with E-state index in [-0.39, 0.29) is 11.9 Å². The maximum atomic E-state index is 12.9. The normalized spacial score (nSPS) is 14.2. The van der Waals surface area contributed by atoms with Crippen molar-refractivity contribution >= 4 is 23.3 Å². The molecule has 1 N–H and O–H groups in total. The highest BCUT2D eigenvalue weighted by Crippen LogP contribution is 2.35. The first-order valence-electron chi connectivity index (χ1n) is 12.3. The van der Waals surface area contributed by atoms with Crippen molar-refractivity contribution in [3.05, 3.63) is 45.6 Å². The quantitative estimate of drug-likeness (QED) is 0.342. The van der Waals surface area contributed by atoms with Gasteiger partial charge < -0.3 is 19.7 Å². The average Bonchev–Trinajstić information content (AvgIpc) is 3.59.